The van der Waals surface area contributed by atoms with Crippen molar-refractivity contribution in [1.29, 1.82) is 0 Å². The molecule has 1 saturated heterocycles. The maximum Gasteiger partial charge on any atom is 0.227 e. The Balaban J connectivity index is 1.27. The van der Waals surface area contributed by atoms with Gasteiger partial charge in [0.25, 0.3) is 0 Å². The minimum Gasteiger partial charge on any atom is -0.367 e. The van der Waals surface area contributed by atoms with Gasteiger partial charge in [-0.15, -0.1) is 0 Å². The molecule has 1 amide bonds. The maximum atomic E-state index is 16.0. The number of fused-ring (bicyclic) bond motifs is 2. The third-order valence-corrected chi connectivity index (χ3v) is 7.23. The molecule has 1 aliphatic heterocycles. The fourth-order valence-electron chi connectivity index (χ4n) is 4.90. The Morgan fingerprint density at radius 1 is 1.11 bits per heavy atom. The molecule has 0 aromatic carbocycles. The number of nitrogens with one attached hydrogen (secondary N) is 3. The predicted molar refractivity (Wildman–Crippen MR) is 141 cm³/mol. The van der Waals surface area contributed by atoms with Crippen LogP contribution >= 0.6 is 0 Å². The predicted octanol–water partition coefficient (Wildman–Crippen LogP) is 3.20. The average Bonchev–Trinajstić information content (AvgIpc) is 3.54. The first kappa shape index (κ1) is 22.7. The van der Waals surface area contributed by atoms with Crippen molar-refractivity contribution >= 4 is 39.5 Å². The monoisotopic (exact) mass is 512 g/mol. The fourth-order valence-corrected chi connectivity index (χ4v) is 4.90. The maximum absolute atomic E-state index is 16.0. The Kier molecular flexibility index (Phi) is 5.28. The lowest BCUT2D eigenvalue weighted by molar-refractivity contribution is -0.117. The van der Waals surface area contributed by atoms with Gasteiger partial charge < -0.3 is 20.1 Å². The van der Waals surface area contributed by atoms with Crippen LogP contribution in [0.2, 0.25) is 0 Å². The number of hydrogen-bond donors (Lipinski definition) is 3. The van der Waals surface area contributed by atoms with Gasteiger partial charge in [-0.25, -0.2) is 19.3 Å². The van der Waals surface area contributed by atoms with E-state index in [9.17, 15) is 4.79 Å². The molecule has 12 heteroatoms. The number of carbonyl (C=O) groups excluding carboxylic acids is 1. The Morgan fingerprint density at radius 2 is 1.95 bits per heavy atom. The summed E-state index contributed by atoms with van der Waals surface area (Å²) in [6.45, 7) is 3.73. The second-order valence-electron chi connectivity index (χ2n) is 9.91. The van der Waals surface area contributed by atoms with Crippen LogP contribution < -0.4 is 10.2 Å². The molecule has 2 fully saturated rings. The fraction of sp³-hybridized carbons (Fsp3) is 0.308. The number of likely N-dealkylation sites (N-methyl/N-ethyl adjacent to an activating group) is 1. The molecule has 3 N–H and O–H groups in total. The summed E-state index contributed by atoms with van der Waals surface area (Å²) >= 11 is 0. The van der Waals surface area contributed by atoms with Crippen LogP contribution in [0.15, 0.2) is 36.9 Å². The van der Waals surface area contributed by atoms with E-state index in [-0.39, 0.29) is 28.4 Å². The van der Waals surface area contributed by atoms with Crippen LogP contribution in [0.5, 0.6) is 0 Å². The summed E-state index contributed by atoms with van der Waals surface area (Å²) in [6, 6.07) is 3.68. The molecule has 1 saturated carbocycles. The lowest BCUT2D eigenvalue weighted by atomic mass is 10.1. The summed E-state index contributed by atoms with van der Waals surface area (Å²) in [4.78, 5) is 37.8. The zero-order valence-electron chi connectivity index (χ0n) is 20.7. The van der Waals surface area contributed by atoms with E-state index in [1.54, 1.807) is 24.7 Å². The van der Waals surface area contributed by atoms with Crippen LogP contribution in [-0.2, 0) is 4.79 Å². The Labute approximate surface area is 216 Å². The van der Waals surface area contributed by atoms with Gasteiger partial charge in [0.2, 0.25) is 5.91 Å². The molecular weight excluding hydrogens is 487 g/mol. The number of amides is 1. The highest BCUT2D eigenvalue weighted by molar-refractivity contribution is 5.97. The van der Waals surface area contributed by atoms with Gasteiger partial charge in [0, 0.05) is 61.8 Å². The highest BCUT2D eigenvalue weighted by Crippen LogP contribution is 2.35. The first-order valence-corrected chi connectivity index (χ1v) is 12.6. The van der Waals surface area contributed by atoms with Crippen molar-refractivity contribution in [3.8, 4) is 22.6 Å². The summed E-state index contributed by atoms with van der Waals surface area (Å²) in [7, 11) is 2.12. The summed E-state index contributed by atoms with van der Waals surface area (Å²) in [5.41, 5.74) is 4.26. The van der Waals surface area contributed by atoms with E-state index in [0.29, 0.717) is 28.4 Å². The van der Waals surface area contributed by atoms with Crippen LogP contribution in [0.4, 0.5) is 15.8 Å². The number of pyridine rings is 3. The number of anilines is 2. The highest BCUT2D eigenvalue weighted by atomic mass is 19.1. The smallest absolute Gasteiger partial charge is 0.227 e. The molecule has 0 atom stereocenters. The number of piperazine rings is 1. The topological polar surface area (TPSA) is 132 Å². The third-order valence-electron chi connectivity index (χ3n) is 7.23. The normalized spacial score (nSPS) is 16.4. The minimum atomic E-state index is -0.501. The van der Waals surface area contributed by atoms with Crippen molar-refractivity contribution in [2.45, 2.75) is 12.8 Å². The Hall–Kier alpha value is -4.45. The summed E-state index contributed by atoms with van der Waals surface area (Å²) in [5, 5.41) is 10.2. The van der Waals surface area contributed by atoms with Crippen LogP contribution in [0, 0.1) is 11.7 Å². The largest absolute Gasteiger partial charge is 0.367 e. The highest BCUT2D eigenvalue weighted by Gasteiger charge is 2.30. The number of hydrogen-bond acceptors (Lipinski definition) is 8. The summed E-state index contributed by atoms with van der Waals surface area (Å²) < 4.78 is 16.0. The molecular formula is C26H25FN10O. The molecule has 38 heavy (non-hydrogen) atoms. The molecule has 0 radical (unpaired) electrons. The second-order valence-corrected chi connectivity index (χ2v) is 9.91. The van der Waals surface area contributed by atoms with Crippen molar-refractivity contribution in [1.82, 2.24) is 40.0 Å². The first-order valence-electron chi connectivity index (χ1n) is 12.6. The lowest BCUT2D eigenvalue weighted by Crippen LogP contribution is -2.44. The van der Waals surface area contributed by atoms with Gasteiger partial charge in [-0.3, -0.25) is 14.9 Å². The van der Waals surface area contributed by atoms with E-state index >= 15 is 4.39 Å². The van der Waals surface area contributed by atoms with E-state index < -0.39 is 5.82 Å². The molecule has 6 heterocycles. The third kappa shape index (κ3) is 3.93. The first-order chi connectivity index (χ1) is 18.5. The molecule has 11 nitrogen and oxygen atoms in total. The number of H-pyrrole nitrogens is 2. The van der Waals surface area contributed by atoms with Gasteiger partial charge in [-0.2, -0.15) is 5.10 Å². The van der Waals surface area contributed by atoms with E-state index in [0.717, 1.165) is 50.2 Å². The van der Waals surface area contributed by atoms with Crippen LogP contribution in [0.1, 0.15) is 12.8 Å². The summed E-state index contributed by atoms with van der Waals surface area (Å²) in [6.07, 6.45) is 8.06. The number of imidazole rings is 1. The number of halogens is 1. The molecule has 5 aromatic heterocycles. The lowest BCUT2D eigenvalue weighted by Gasteiger charge is -2.34. The van der Waals surface area contributed by atoms with E-state index in [4.69, 9.17) is 0 Å². The van der Waals surface area contributed by atoms with Gasteiger partial charge in [-0.1, -0.05) is 0 Å². The number of aromatic nitrogens is 7. The van der Waals surface area contributed by atoms with Gasteiger partial charge in [-0.05, 0) is 32.0 Å². The summed E-state index contributed by atoms with van der Waals surface area (Å²) in [5.74, 6) is -0.0570. The van der Waals surface area contributed by atoms with Gasteiger partial charge in [0.15, 0.2) is 17.1 Å². The Bertz CT molecular complexity index is 1680. The average molecular weight is 513 g/mol. The zero-order valence-corrected chi connectivity index (χ0v) is 20.7. The number of nitrogens with zero attached hydrogens (tertiary/aromatic N) is 7. The van der Waals surface area contributed by atoms with E-state index in [1.807, 2.05) is 6.07 Å². The van der Waals surface area contributed by atoms with Gasteiger partial charge in [0.05, 0.1) is 23.0 Å². The molecule has 0 bridgehead atoms. The van der Waals surface area contributed by atoms with Gasteiger partial charge in [0.1, 0.15) is 17.0 Å². The molecule has 2 aliphatic rings. The van der Waals surface area contributed by atoms with Crippen molar-refractivity contribution in [3.05, 3.63) is 42.7 Å². The van der Waals surface area contributed by atoms with E-state index in [2.05, 4.69) is 57.3 Å². The molecule has 0 unspecified atom stereocenters. The van der Waals surface area contributed by atoms with Crippen LogP contribution in [-0.4, -0.2) is 79.2 Å². The molecule has 5 aromatic rings. The van der Waals surface area contributed by atoms with E-state index in [1.165, 1.54) is 6.20 Å². The van der Waals surface area contributed by atoms with Gasteiger partial charge >= 0.3 is 0 Å². The standard InChI is InChI=1S/C26H25FN10O/c1-36-6-8-37(9-7-36)18-4-5-29-24-21(18)32-25(33-24)22-19-20(27)17(13-30-23(19)35-34-22)15-10-16(12-28-11-15)31-26(38)14-2-3-14/h4-5,10-14H,2-3,6-9H2,1H3,(H,31,38)(H,29,32,33)(H,30,34,35). The van der Waals surface area contributed by atoms with Crippen molar-refractivity contribution < 1.29 is 9.18 Å². The van der Waals surface area contributed by atoms with Crippen molar-refractivity contribution in [3.63, 3.8) is 0 Å². The minimum absolute atomic E-state index is 0.0374. The Morgan fingerprint density at radius 3 is 2.76 bits per heavy atom. The number of carbonyl (C=O) groups is 1. The van der Waals surface area contributed by atoms with Crippen LogP contribution in [0.25, 0.3) is 44.8 Å². The van der Waals surface area contributed by atoms with Crippen LogP contribution in [0.3, 0.4) is 0 Å². The zero-order chi connectivity index (χ0) is 25.8. The molecule has 1 aliphatic carbocycles. The second kappa shape index (κ2) is 8.84. The molecule has 192 valence electrons. The number of rotatable bonds is 5. The molecule has 7 rings (SSSR count). The molecule has 0 spiro atoms. The SMILES string of the molecule is CN1CCN(c2ccnc3nc(-c4[nH]nc5ncc(-c6cncc(NC(=O)C7CC7)c6)c(F)c45)[nH]c23)CC1. The van der Waals surface area contributed by atoms with Crippen molar-refractivity contribution in [2.75, 3.05) is 43.4 Å². The number of aromatic amines is 2. The van der Waals surface area contributed by atoms with Crippen molar-refractivity contribution in [2.24, 2.45) is 5.92 Å². The quantitative estimate of drug-likeness (QED) is 0.327.